The third-order valence-electron chi connectivity index (χ3n) is 4.07. The summed E-state index contributed by atoms with van der Waals surface area (Å²) in [5, 5.41) is 8.84. The highest BCUT2D eigenvalue weighted by Gasteiger charge is 2.40. The van der Waals surface area contributed by atoms with Crippen LogP contribution in [0.3, 0.4) is 0 Å². The van der Waals surface area contributed by atoms with Crippen LogP contribution in [-0.4, -0.2) is 22.9 Å². The van der Waals surface area contributed by atoms with Gasteiger partial charge in [0, 0.05) is 29.0 Å². The summed E-state index contributed by atoms with van der Waals surface area (Å²) >= 11 is 5.79. The number of urea groups is 1. The van der Waals surface area contributed by atoms with Gasteiger partial charge >= 0.3 is 12.2 Å². The van der Waals surface area contributed by atoms with Crippen molar-refractivity contribution in [3.05, 3.63) is 59.0 Å². The van der Waals surface area contributed by atoms with E-state index in [-0.39, 0.29) is 17.0 Å². The molecule has 11 heteroatoms. The van der Waals surface area contributed by atoms with Crippen molar-refractivity contribution in [3.8, 4) is 17.0 Å². The largest absolute Gasteiger partial charge is 0.496 e. The van der Waals surface area contributed by atoms with Crippen molar-refractivity contribution in [1.29, 1.82) is 0 Å². The van der Waals surface area contributed by atoms with Crippen LogP contribution in [0.5, 0.6) is 5.75 Å². The lowest BCUT2D eigenvalue weighted by molar-refractivity contribution is -0.143. The second-order valence-corrected chi connectivity index (χ2v) is 6.57. The fraction of sp³-hybridized carbons (Fsp3) is 0.158. The number of aromatic nitrogens is 2. The summed E-state index contributed by atoms with van der Waals surface area (Å²) in [4.78, 5) is 12.2. The zero-order valence-electron chi connectivity index (χ0n) is 15.6. The van der Waals surface area contributed by atoms with E-state index in [1.165, 1.54) is 32.4 Å². The predicted octanol–water partition coefficient (Wildman–Crippen LogP) is 5.55. The monoisotopic (exact) mass is 442 g/mol. The number of nitrogens with zero attached hydrogens (tertiary/aromatic N) is 2. The van der Waals surface area contributed by atoms with Crippen LogP contribution in [0.4, 0.5) is 33.7 Å². The summed E-state index contributed by atoms with van der Waals surface area (Å²) in [5.41, 5.74) is -1.41. The van der Waals surface area contributed by atoms with E-state index in [9.17, 15) is 22.4 Å². The Morgan fingerprint density at radius 3 is 2.27 bits per heavy atom. The molecule has 6 nitrogen and oxygen atoms in total. The molecule has 0 aliphatic heterocycles. The molecule has 1 aromatic heterocycles. The number of benzene rings is 2. The summed E-state index contributed by atoms with van der Waals surface area (Å²) < 4.78 is 59.5. The maximum atomic E-state index is 14.5. The molecule has 0 fully saturated rings. The molecule has 0 atom stereocenters. The second-order valence-electron chi connectivity index (χ2n) is 6.13. The molecular formula is C19H15ClF4N4O2. The quantitative estimate of drug-likeness (QED) is 0.520. The number of halogens is 5. The van der Waals surface area contributed by atoms with Crippen molar-refractivity contribution in [2.45, 2.75) is 6.18 Å². The number of anilines is 2. The van der Waals surface area contributed by atoms with Crippen LogP contribution in [0.15, 0.2) is 42.5 Å². The number of hydrogen-bond donors (Lipinski definition) is 2. The van der Waals surface area contributed by atoms with Crippen molar-refractivity contribution in [2.24, 2.45) is 7.05 Å². The molecule has 0 aliphatic carbocycles. The normalized spacial score (nSPS) is 11.3. The number of alkyl halides is 3. The zero-order valence-corrected chi connectivity index (χ0v) is 16.4. The third kappa shape index (κ3) is 4.48. The van der Waals surface area contributed by atoms with Crippen molar-refractivity contribution in [3.63, 3.8) is 0 Å². The SMILES string of the molecule is COc1ccc(NC(=O)Nc2ccc(Cl)cc2)cc1-c1c(F)c(C(F)(F)F)nn1C. The van der Waals surface area contributed by atoms with Gasteiger partial charge in [0.05, 0.1) is 7.11 Å². The van der Waals surface area contributed by atoms with Crippen molar-refractivity contribution in [1.82, 2.24) is 9.78 Å². The Hall–Kier alpha value is -3.27. The van der Waals surface area contributed by atoms with E-state index >= 15 is 0 Å². The first-order valence-electron chi connectivity index (χ1n) is 8.42. The van der Waals surface area contributed by atoms with Gasteiger partial charge in [-0.05, 0) is 42.5 Å². The highest BCUT2D eigenvalue weighted by atomic mass is 35.5. The number of aryl methyl sites for hydroxylation is 1. The average molecular weight is 443 g/mol. The van der Waals surface area contributed by atoms with E-state index in [0.29, 0.717) is 10.7 Å². The Kier molecular flexibility index (Phi) is 5.88. The van der Waals surface area contributed by atoms with Crippen LogP contribution < -0.4 is 15.4 Å². The predicted molar refractivity (Wildman–Crippen MR) is 104 cm³/mol. The number of ether oxygens (including phenoxy) is 1. The van der Waals surface area contributed by atoms with Gasteiger partial charge in [-0.2, -0.15) is 18.3 Å². The molecule has 0 bridgehead atoms. The number of carbonyl (C=O) groups is 1. The van der Waals surface area contributed by atoms with Crippen LogP contribution in [-0.2, 0) is 13.2 Å². The number of rotatable bonds is 4. The Labute approximate surface area is 173 Å². The number of methoxy groups -OCH3 is 1. The summed E-state index contributed by atoms with van der Waals surface area (Å²) in [7, 11) is 2.47. The van der Waals surface area contributed by atoms with E-state index < -0.39 is 29.4 Å². The molecule has 1 heterocycles. The summed E-state index contributed by atoms with van der Waals surface area (Å²) in [6.07, 6.45) is -4.96. The van der Waals surface area contributed by atoms with Crippen LogP contribution in [0, 0.1) is 5.82 Å². The Balaban J connectivity index is 1.92. The maximum Gasteiger partial charge on any atom is 0.438 e. The van der Waals surface area contributed by atoms with Crippen LogP contribution in [0.1, 0.15) is 5.69 Å². The fourth-order valence-electron chi connectivity index (χ4n) is 2.77. The lowest BCUT2D eigenvalue weighted by atomic mass is 10.1. The first-order valence-corrected chi connectivity index (χ1v) is 8.79. The van der Waals surface area contributed by atoms with E-state index in [1.807, 2.05) is 0 Å². The molecule has 3 aromatic rings. The number of hydrogen-bond acceptors (Lipinski definition) is 3. The summed E-state index contributed by atoms with van der Waals surface area (Å²) in [6, 6.07) is 9.89. The summed E-state index contributed by atoms with van der Waals surface area (Å²) in [6.45, 7) is 0. The topological polar surface area (TPSA) is 68.2 Å². The molecule has 0 aliphatic rings. The smallest absolute Gasteiger partial charge is 0.438 e. The molecule has 2 aromatic carbocycles. The molecule has 30 heavy (non-hydrogen) atoms. The van der Waals surface area contributed by atoms with Crippen LogP contribution >= 0.6 is 11.6 Å². The molecule has 0 saturated carbocycles. The van der Waals surface area contributed by atoms with Gasteiger partial charge in [0.2, 0.25) is 5.69 Å². The fourth-order valence-corrected chi connectivity index (χ4v) is 2.90. The van der Waals surface area contributed by atoms with Gasteiger partial charge in [0.1, 0.15) is 11.4 Å². The minimum Gasteiger partial charge on any atom is -0.496 e. The lowest BCUT2D eigenvalue weighted by Gasteiger charge is -2.13. The zero-order chi connectivity index (χ0) is 22.1. The highest BCUT2D eigenvalue weighted by molar-refractivity contribution is 6.30. The minimum atomic E-state index is -4.96. The Morgan fingerprint density at radius 1 is 1.10 bits per heavy atom. The van der Waals surface area contributed by atoms with E-state index in [1.54, 1.807) is 24.3 Å². The Morgan fingerprint density at radius 2 is 1.70 bits per heavy atom. The van der Waals surface area contributed by atoms with E-state index in [0.717, 1.165) is 4.68 Å². The van der Waals surface area contributed by atoms with Gasteiger partial charge in [-0.3, -0.25) is 4.68 Å². The van der Waals surface area contributed by atoms with Gasteiger partial charge in [0.15, 0.2) is 5.82 Å². The molecule has 3 rings (SSSR count). The van der Waals surface area contributed by atoms with E-state index in [4.69, 9.17) is 16.3 Å². The van der Waals surface area contributed by atoms with Crippen molar-refractivity contribution < 1.29 is 27.1 Å². The van der Waals surface area contributed by atoms with Crippen molar-refractivity contribution in [2.75, 3.05) is 17.7 Å². The molecule has 2 N–H and O–H groups in total. The molecule has 0 radical (unpaired) electrons. The first-order chi connectivity index (χ1) is 14.1. The molecule has 2 amide bonds. The molecular weight excluding hydrogens is 428 g/mol. The standard InChI is InChI=1S/C19H15ClF4N4O2/c1-28-16(15(21)17(27-28)19(22,23)24)13-9-12(7-8-14(13)30-2)26-18(29)25-11-5-3-10(20)4-6-11/h3-9H,1-2H3,(H2,25,26,29). The van der Waals surface area contributed by atoms with Gasteiger partial charge in [-0.15, -0.1) is 0 Å². The van der Waals surface area contributed by atoms with Gasteiger partial charge in [-0.1, -0.05) is 11.6 Å². The number of carbonyl (C=O) groups excluding carboxylic acids is 1. The van der Waals surface area contributed by atoms with Gasteiger partial charge in [-0.25, -0.2) is 9.18 Å². The van der Waals surface area contributed by atoms with Crippen LogP contribution in [0.2, 0.25) is 5.02 Å². The lowest BCUT2D eigenvalue weighted by Crippen LogP contribution is -2.19. The van der Waals surface area contributed by atoms with Crippen LogP contribution in [0.25, 0.3) is 11.3 Å². The van der Waals surface area contributed by atoms with Gasteiger partial charge in [0.25, 0.3) is 0 Å². The second kappa shape index (κ2) is 8.23. The molecule has 0 spiro atoms. The average Bonchev–Trinajstić information content (AvgIpc) is 2.98. The Bertz CT molecular complexity index is 1080. The number of nitrogens with one attached hydrogen (secondary N) is 2. The highest BCUT2D eigenvalue weighted by Crippen LogP contribution is 2.39. The third-order valence-corrected chi connectivity index (χ3v) is 4.32. The summed E-state index contributed by atoms with van der Waals surface area (Å²) in [5.74, 6) is -1.43. The van der Waals surface area contributed by atoms with Crippen molar-refractivity contribution >= 4 is 29.0 Å². The molecule has 0 unspecified atom stereocenters. The molecule has 158 valence electrons. The van der Waals surface area contributed by atoms with Gasteiger partial charge < -0.3 is 15.4 Å². The van der Waals surface area contributed by atoms with E-state index in [2.05, 4.69) is 15.7 Å². The number of amides is 2. The minimum absolute atomic E-state index is 0.00945. The first kappa shape index (κ1) is 21.4. The molecule has 0 saturated heterocycles. The maximum absolute atomic E-state index is 14.5.